The number of rotatable bonds is 1. The first-order chi connectivity index (χ1) is 7.84. The lowest BCUT2D eigenvalue weighted by Gasteiger charge is -2.26. The third-order valence-electron chi connectivity index (χ3n) is 4.07. The normalized spacial score (nSPS) is 26.7. The summed E-state index contributed by atoms with van der Waals surface area (Å²) in [4.78, 5) is 4.61. The number of nitrogens with zero attached hydrogens (tertiary/aromatic N) is 2. The Bertz CT molecular complexity index is 366. The lowest BCUT2D eigenvalue weighted by molar-refractivity contribution is 0.129. The highest BCUT2D eigenvalue weighted by Gasteiger charge is 2.25. The van der Waals surface area contributed by atoms with E-state index in [1.807, 2.05) is 6.20 Å². The lowest BCUT2D eigenvalue weighted by Crippen LogP contribution is -2.26. The molecule has 3 rings (SSSR count). The number of hydrogen-bond donors (Lipinski definition) is 1. The summed E-state index contributed by atoms with van der Waals surface area (Å²) in [6, 6.07) is 0. The van der Waals surface area contributed by atoms with Crippen LogP contribution in [0.25, 0.3) is 0 Å². The molecule has 0 spiro atoms. The molecule has 3 heteroatoms. The molecule has 3 nitrogen and oxygen atoms in total. The van der Waals surface area contributed by atoms with Gasteiger partial charge in [0.25, 0.3) is 0 Å². The van der Waals surface area contributed by atoms with E-state index >= 15 is 0 Å². The van der Waals surface area contributed by atoms with Gasteiger partial charge in [-0.25, -0.2) is 4.98 Å². The summed E-state index contributed by atoms with van der Waals surface area (Å²) in [5, 5.41) is 9.75. The molecule has 0 radical (unpaired) electrons. The first-order valence-corrected chi connectivity index (χ1v) is 6.57. The minimum atomic E-state index is -0.163. The quantitative estimate of drug-likeness (QED) is 0.788. The van der Waals surface area contributed by atoms with Gasteiger partial charge >= 0.3 is 0 Å². The summed E-state index contributed by atoms with van der Waals surface area (Å²) >= 11 is 0. The van der Waals surface area contributed by atoms with Gasteiger partial charge in [-0.2, -0.15) is 0 Å². The molecule has 1 unspecified atom stereocenters. The fourth-order valence-electron chi connectivity index (χ4n) is 3.14. The van der Waals surface area contributed by atoms with Gasteiger partial charge in [0.2, 0.25) is 0 Å². The third-order valence-corrected chi connectivity index (χ3v) is 4.07. The van der Waals surface area contributed by atoms with Gasteiger partial charge in [0, 0.05) is 17.8 Å². The minimum absolute atomic E-state index is 0.163. The molecule has 2 heterocycles. The maximum atomic E-state index is 9.75. The second-order valence-electron chi connectivity index (χ2n) is 5.25. The number of hydrogen-bond acceptors (Lipinski definition) is 2. The maximum Gasteiger partial charge on any atom is 0.112 e. The van der Waals surface area contributed by atoms with E-state index in [0.29, 0.717) is 5.92 Å². The molecular formula is C13H20N2O. The molecule has 1 saturated carbocycles. The molecule has 1 aliphatic carbocycles. The van der Waals surface area contributed by atoms with Crippen molar-refractivity contribution in [2.24, 2.45) is 0 Å². The van der Waals surface area contributed by atoms with Crippen LogP contribution in [0.4, 0.5) is 0 Å². The Kier molecular flexibility index (Phi) is 2.72. The second-order valence-corrected chi connectivity index (χ2v) is 5.25. The van der Waals surface area contributed by atoms with E-state index in [2.05, 4.69) is 9.55 Å². The number of aromatic nitrogens is 2. The highest BCUT2D eigenvalue weighted by molar-refractivity contribution is 5.12. The van der Waals surface area contributed by atoms with Crippen molar-refractivity contribution >= 4 is 0 Å². The molecule has 1 aromatic rings. The summed E-state index contributed by atoms with van der Waals surface area (Å²) in [6.45, 7) is 0.765. The molecule has 0 aromatic carbocycles. The zero-order chi connectivity index (χ0) is 11.0. The van der Waals surface area contributed by atoms with Gasteiger partial charge in [-0.3, -0.25) is 0 Å². The van der Waals surface area contributed by atoms with Crippen molar-refractivity contribution in [3.8, 4) is 0 Å². The lowest BCUT2D eigenvalue weighted by atomic mass is 9.88. The molecule has 1 atom stereocenters. The van der Waals surface area contributed by atoms with Crippen LogP contribution in [0.5, 0.6) is 0 Å². The molecule has 0 amide bonds. The van der Waals surface area contributed by atoms with Crippen LogP contribution in [0.2, 0.25) is 0 Å². The van der Waals surface area contributed by atoms with Gasteiger partial charge in [0.05, 0.1) is 12.6 Å². The van der Waals surface area contributed by atoms with E-state index < -0.39 is 0 Å². The van der Waals surface area contributed by atoms with Gasteiger partial charge in [0.15, 0.2) is 0 Å². The molecule has 1 aromatic heterocycles. The van der Waals surface area contributed by atoms with Crippen LogP contribution in [0, 0.1) is 0 Å². The van der Waals surface area contributed by atoms with Crippen molar-refractivity contribution in [3.05, 3.63) is 17.7 Å². The molecule has 1 aliphatic heterocycles. The van der Waals surface area contributed by atoms with Crippen LogP contribution in [-0.4, -0.2) is 20.8 Å². The smallest absolute Gasteiger partial charge is 0.112 e. The molecule has 1 N–H and O–H groups in total. The largest absolute Gasteiger partial charge is 0.391 e. The molecule has 0 bridgehead atoms. The number of fused-ring (bicyclic) bond motifs is 1. The Balaban J connectivity index is 1.86. The summed E-state index contributed by atoms with van der Waals surface area (Å²) in [7, 11) is 0. The van der Waals surface area contributed by atoms with Crippen LogP contribution in [-0.2, 0) is 13.0 Å². The van der Waals surface area contributed by atoms with E-state index in [1.165, 1.54) is 43.6 Å². The van der Waals surface area contributed by atoms with E-state index in [9.17, 15) is 5.11 Å². The average molecular weight is 220 g/mol. The Hall–Kier alpha value is -0.830. The fraction of sp³-hybridized carbons (Fsp3) is 0.769. The summed E-state index contributed by atoms with van der Waals surface area (Å²) in [5.41, 5.74) is 1.32. The van der Waals surface area contributed by atoms with Crippen LogP contribution >= 0.6 is 0 Å². The van der Waals surface area contributed by atoms with Gasteiger partial charge in [-0.05, 0) is 25.7 Å². The Labute approximate surface area is 96.5 Å². The predicted octanol–water partition coefficient (Wildman–Crippen LogP) is 2.24. The first-order valence-electron chi connectivity index (χ1n) is 6.57. The Morgan fingerprint density at radius 2 is 2.00 bits per heavy atom. The van der Waals surface area contributed by atoms with Gasteiger partial charge in [0.1, 0.15) is 5.82 Å². The maximum absolute atomic E-state index is 9.75. The van der Waals surface area contributed by atoms with Crippen LogP contribution in [0.3, 0.4) is 0 Å². The molecular weight excluding hydrogens is 200 g/mol. The van der Waals surface area contributed by atoms with Crippen molar-refractivity contribution in [2.45, 2.75) is 63.5 Å². The molecule has 2 aliphatic rings. The van der Waals surface area contributed by atoms with Crippen LogP contribution in [0.1, 0.15) is 56.0 Å². The van der Waals surface area contributed by atoms with Gasteiger partial charge in [-0.1, -0.05) is 19.3 Å². The SMILES string of the molecule is OC1CCc2cnc(C3CCCCC3)n2C1. The Morgan fingerprint density at radius 3 is 2.81 bits per heavy atom. The highest BCUT2D eigenvalue weighted by Crippen LogP contribution is 2.33. The number of imidazole rings is 1. The third kappa shape index (κ3) is 1.77. The first kappa shape index (κ1) is 10.3. The number of aliphatic hydroxyl groups excluding tert-OH is 1. The summed E-state index contributed by atoms with van der Waals surface area (Å²) < 4.78 is 2.28. The molecule has 0 saturated heterocycles. The Morgan fingerprint density at radius 1 is 1.19 bits per heavy atom. The summed E-state index contributed by atoms with van der Waals surface area (Å²) in [6.07, 6.45) is 10.4. The second kappa shape index (κ2) is 4.21. The van der Waals surface area contributed by atoms with Crippen molar-refractivity contribution in [1.29, 1.82) is 0 Å². The van der Waals surface area contributed by atoms with E-state index in [1.54, 1.807) is 0 Å². The van der Waals surface area contributed by atoms with E-state index in [-0.39, 0.29) is 6.10 Å². The zero-order valence-corrected chi connectivity index (χ0v) is 9.73. The van der Waals surface area contributed by atoms with Crippen molar-refractivity contribution in [1.82, 2.24) is 9.55 Å². The fourth-order valence-corrected chi connectivity index (χ4v) is 3.14. The molecule has 1 fully saturated rings. The van der Waals surface area contributed by atoms with Crippen molar-refractivity contribution in [2.75, 3.05) is 0 Å². The monoisotopic (exact) mass is 220 g/mol. The van der Waals surface area contributed by atoms with E-state index in [0.717, 1.165) is 19.4 Å². The van der Waals surface area contributed by atoms with Crippen molar-refractivity contribution < 1.29 is 5.11 Å². The summed E-state index contributed by atoms with van der Waals surface area (Å²) in [5.74, 6) is 1.89. The molecule has 16 heavy (non-hydrogen) atoms. The van der Waals surface area contributed by atoms with Crippen molar-refractivity contribution in [3.63, 3.8) is 0 Å². The highest BCUT2D eigenvalue weighted by atomic mass is 16.3. The van der Waals surface area contributed by atoms with Gasteiger partial charge < -0.3 is 9.67 Å². The number of aliphatic hydroxyl groups is 1. The minimum Gasteiger partial charge on any atom is -0.391 e. The van der Waals surface area contributed by atoms with Gasteiger partial charge in [-0.15, -0.1) is 0 Å². The topological polar surface area (TPSA) is 38.1 Å². The number of aryl methyl sites for hydroxylation is 1. The van der Waals surface area contributed by atoms with Crippen LogP contribution < -0.4 is 0 Å². The molecule has 88 valence electrons. The van der Waals surface area contributed by atoms with E-state index in [4.69, 9.17) is 0 Å². The zero-order valence-electron chi connectivity index (χ0n) is 9.73. The standard InChI is InChI=1S/C13H20N2O/c16-12-7-6-11-8-14-13(15(11)9-12)10-4-2-1-3-5-10/h8,10,12,16H,1-7,9H2. The van der Waals surface area contributed by atoms with Crippen LogP contribution in [0.15, 0.2) is 6.20 Å². The average Bonchev–Trinajstić information content (AvgIpc) is 2.73. The predicted molar refractivity (Wildman–Crippen MR) is 62.4 cm³/mol.